The van der Waals surface area contributed by atoms with Gasteiger partial charge in [-0.05, 0) is 26.3 Å². The summed E-state index contributed by atoms with van der Waals surface area (Å²) in [4.78, 5) is 23.3. The summed E-state index contributed by atoms with van der Waals surface area (Å²) in [5.74, 6) is 0.595. The molecule has 0 bridgehead atoms. The SMILES string of the molecule is C=CCOCC(O)CN(Cc1nc2scc(-c3ccc(C)cc3)c2c(=O)[nH]1)C(C)C. The number of ether oxygens (including phenoxy) is 1. The zero-order valence-corrected chi connectivity index (χ0v) is 18.5. The lowest BCUT2D eigenvalue weighted by Gasteiger charge is -2.28. The van der Waals surface area contributed by atoms with Crippen LogP contribution in [0.2, 0.25) is 0 Å². The molecule has 160 valence electrons. The minimum absolute atomic E-state index is 0.134. The summed E-state index contributed by atoms with van der Waals surface area (Å²) in [5, 5.41) is 12.9. The van der Waals surface area contributed by atoms with E-state index in [1.54, 1.807) is 6.08 Å². The molecule has 1 unspecified atom stereocenters. The first-order valence-corrected chi connectivity index (χ1v) is 10.9. The molecule has 3 aromatic rings. The highest BCUT2D eigenvalue weighted by atomic mass is 32.1. The van der Waals surface area contributed by atoms with E-state index < -0.39 is 6.10 Å². The number of H-pyrrole nitrogens is 1. The van der Waals surface area contributed by atoms with Crippen molar-refractivity contribution < 1.29 is 9.84 Å². The van der Waals surface area contributed by atoms with Gasteiger partial charge in [0.1, 0.15) is 10.7 Å². The lowest BCUT2D eigenvalue weighted by atomic mass is 10.1. The predicted octanol–water partition coefficient (Wildman–Crippen LogP) is 3.73. The number of aliphatic hydroxyl groups is 1. The van der Waals surface area contributed by atoms with E-state index in [0.29, 0.717) is 30.9 Å². The topological polar surface area (TPSA) is 78.5 Å². The first kappa shape index (κ1) is 22.4. The van der Waals surface area contributed by atoms with Gasteiger partial charge in [0.25, 0.3) is 5.56 Å². The Labute approximate surface area is 180 Å². The highest BCUT2D eigenvalue weighted by molar-refractivity contribution is 7.17. The Morgan fingerprint density at radius 2 is 2.07 bits per heavy atom. The summed E-state index contributed by atoms with van der Waals surface area (Å²) >= 11 is 1.48. The third kappa shape index (κ3) is 5.43. The number of aryl methyl sites for hydroxylation is 1. The molecule has 3 rings (SSSR count). The maximum atomic E-state index is 12.9. The van der Waals surface area contributed by atoms with Crippen molar-refractivity contribution in [1.82, 2.24) is 14.9 Å². The van der Waals surface area contributed by atoms with E-state index >= 15 is 0 Å². The number of nitrogens with one attached hydrogen (secondary N) is 1. The van der Waals surface area contributed by atoms with Crippen molar-refractivity contribution in [3.8, 4) is 11.1 Å². The van der Waals surface area contributed by atoms with Gasteiger partial charge >= 0.3 is 0 Å². The molecule has 7 heteroatoms. The Morgan fingerprint density at radius 3 is 2.73 bits per heavy atom. The fourth-order valence-electron chi connectivity index (χ4n) is 3.28. The molecular weight excluding hydrogens is 398 g/mol. The molecule has 1 atom stereocenters. The van der Waals surface area contributed by atoms with Gasteiger partial charge in [0.15, 0.2) is 0 Å². The third-order valence-corrected chi connectivity index (χ3v) is 5.80. The second-order valence-electron chi connectivity index (χ2n) is 7.71. The lowest BCUT2D eigenvalue weighted by Crippen LogP contribution is -2.39. The number of aromatic amines is 1. The quantitative estimate of drug-likeness (QED) is 0.381. The number of aromatic nitrogens is 2. The van der Waals surface area contributed by atoms with Gasteiger partial charge in [0.05, 0.1) is 31.2 Å². The van der Waals surface area contributed by atoms with Crippen molar-refractivity contribution in [2.24, 2.45) is 0 Å². The molecule has 2 aromatic heterocycles. The van der Waals surface area contributed by atoms with Crippen molar-refractivity contribution in [2.75, 3.05) is 19.8 Å². The van der Waals surface area contributed by atoms with Crippen LogP contribution in [0.1, 0.15) is 25.2 Å². The minimum Gasteiger partial charge on any atom is -0.389 e. The number of benzene rings is 1. The predicted molar refractivity (Wildman–Crippen MR) is 123 cm³/mol. The number of nitrogens with zero attached hydrogens (tertiary/aromatic N) is 2. The molecule has 1 aromatic carbocycles. The van der Waals surface area contributed by atoms with Crippen LogP contribution in [0.4, 0.5) is 0 Å². The van der Waals surface area contributed by atoms with Crippen LogP contribution in [0.15, 0.2) is 47.1 Å². The van der Waals surface area contributed by atoms with E-state index in [1.807, 2.05) is 36.6 Å². The first-order valence-electron chi connectivity index (χ1n) is 10.1. The van der Waals surface area contributed by atoms with Crippen molar-refractivity contribution in [3.05, 3.63) is 64.0 Å². The summed E-state index contributed by atoms with van der Waals surface area (Å²) in [6.45, 7) is 11.3. The van der Waals surface area contributed by atoms with Gasteiger partial charge in [0, 0.05) is 23.5 Å². The maximum absolute atomic E-state index is 12.9. The zero-order chi connectivity index (χ0) is 21.7. The summed E-state index contributed by atoms with van der Waals surface area (Å²) in [5.41, 5.74) is 2.97. The van der Waals surface area contributed by atoms with Gasteiger partial charge in [-0.25, -0.2) is 4.98 Å². The van der Waals surface area contributed by atoms with Gasteiger partial charge in [-0.3, -0.25) is 9.69 Å². The molecule has 2 heterocycles. The Morgan fingerprint density at radius 1 is 1.33 bits per heavy atom. The molecule has 0 aliphatic rings. The minimum atomic E-state index is -0.627. The average molecular weight is 428 g/mol. The van der Waals surface area contributed by atoms with Crippen molar-refractivity contribution >= 4 is 21.6 Å². The number of rotatable bonds is 10. The third-order valence-electron chi connectivity index (χ3n) is 4.93. The van der Waals surface area contributed by atoms with E-state index in [2.05, 4.69) is 30.3 Å². The van der Waals surface area contributed by atoms with E-state index in [4.69, 9.17) is 9.72 Å². The fourth-order valence-corrected chi connectivity index (χ4v) is 4.24. The van der Waals surface area contributed by atoms with Crippen molar-refractivity contribution in [2.45, 2.75) is 39.5 Å². The standard InChI is InChI=1S/C23H29N3O3S/c1-5-10-29-13-18(27)11-26(15(2)3)12-20-24-22(28)21-19(14-30-23(21)25-20)17-8-6-16(4)7-9-17/h5-9,14-15,18,27H,1,10-13H2,2-4H3,(H,24,25,28). The molecule has 0 radical (unpaired) electrons. The summed E-state index contributed by atoms with van der Waals surface area (Å²) in [6.07, 6.45) is 1.03. The maximum Gasteiger partial charge on any atom is 0.260 e. The Kier molecular flexibility index (Phi) is 7.55. The van der Waals surface area contributed by atoms with E-state index in [-0.39, 0.29) is 18.2 Å². The van der Waals surface area contributed by atoms with Crippen LogP contribution in [-0.2, 0) is 11.3 Å². The molecular formula is C23H29N3O3S. The number of thiophene rings is 1. The molecule has 0 saturated heterocycles. The molecule has 0 fully saturated rings. The highest BCUT2D eigenvalue weighted by Gasteiger charge is 2.18. The van der Waals surface area contributed by atoms with Crippen LogP contribution in [0.25, 0.3) is 21.3 Å². The zero-order valence-electron chi connectivity index (χ0n) is 17.7. The number of fused-ring (bicyclic) bond motifs is 1. The lowest BCUT2D eigenvalue weighted by molar-refractivity contribution is 0.0172. The smallest absolute Gasteiger partial charge is 0.260 e. The molecule has 2 N–H and O–H groups in total. The van der Waals surface area contributed by atoms with Gasteiger partial charge in [-0.15, -0.1) is 17.9 Å². The Hall–Kier alpha value is -2.32. The summed E-state index contributed by atoms with van der Waals surface area (Å²) in [7, 11) is 0. The normalized spacial score (nSPS) is 12.7. The van der Waals surface area contributed by atoms with E-state index in [9.17, 15) is 9.90 Å². The van der Waals surface area contributed by atoms with E-state index in [1.165, 1.54) is 16.9 Å². The van der Waals surface area contributed by atoms with Crippen molar-refractivity contribution in [3.63, 3.8) is 0 Å². The average Bonchev–Trinajstić information content (AvgIpc) is 3.13. The van der Waals surface area contributed by atoms with Gasteiger partial charge < -0.3 is 14.8 Å². The van der Waals surface area contributed by atoms with Crippen LogP contribution in [0.3, 0.4) is 0 Å². The van der Waals surface area contributed by atoms with Gasteiger partial charge in [-0.2, -0.15) is 0 Å². The van der Waals surface area contributed by atoms with Crippen LogP contribution in [-0.4, -0.2) is 51.9 Å². The highest BCUT2D eigenvalue weighted by Crippen LogP contribution is 2.30. The van der Waals surface area contributed by atoms with Crippen LogP contribution in [0.5, 0.6) is 0 Å². The molecule has 0 saturated carbocycles. The summed E-state index contributed by atoms with van der Waals surface area (Å²) < 4.78 is 5.34. The molecule has 0 spiro atoms. The second-order valence-corrected chi connectivity index (χ2v) is 8.57. The van der Waals surface area contributed by atoms with Crippen LogP contribution in [0, 0.1) is 6.92 Å². The number of hydrogen-bond acceptors (Lipinski definition) is 6. The number of hydrogen-bond donors (Lipinski definition) is 2. The monoisotopic (exact) mass is 427 g/mol. The first-order chi connectivity index (χ1) is 14.4. The largest absolute Gasteiger partial charge is 0.389 e. The van der Waals surface area contributed by atoms with E-state index in [0.717, 1.165) is 16.0 Å². The van der Waals surface area contributed by atoms with Crippen LogP contribution >= 0.6 is 11.3 Å². The second kappa shape index (κ2) is 10.1. The Balaban J connectivity index is 1.81. The molecule has 6 nitrogen and oxygen atoms in total. The van der Waals surface area contributed by atoms with Crippen molar-refractivity contribution in [1.29, 1.82) is 0 Å². The molecule has 0 aliphatic heterocycles. The summed E-state index contributed by atoms with van der Waals surface area (Å²) in [6, 6.07) is 8.31. The van der Waals surface area contributed by atoms with Crippen LogP contribution < -0.4 is 5.56 Å². The number of aliphatic hydroxyl groups excluding tert-OH is 1. The molecule has 0 amide bonds. The molecule has 30 heavy (non-hydrogen) atoms. The van der Waals surface area contributed by atoms with Gasteiger partial charge in [0.2, 0.25) is 0 Å². The van der Waals surface area contributed by atoms with Gasteiger partial charge in [-0.1, -0.05) is 35.9 Å². The Bertz CT molecular complexity index is 1040. The molecule has 0 aliphatic carbocycles. The fraction of sp³-hybridized carbons (Fsp3) is 0.391.